The van der Waals surface area contributed by atoms with E-state index in [2.05, 4.69) is 0 Å². The van der Waals surface area contributed by atoms with Gasteiger partial charge in [-0.05, 0) is 39.8 Å². The molecule has 0 saturated heterocycles. The van der Waals surface area contributed by atoms with Gasteiger partial charge in [0.05, 0.1) is 0 Å². The van der Waals surface area contributed by atoms with Crippen molar-refractivity contribution in [3.05, 3.63) is 44.6 Å². The normalized spacial score (nSPS) is 25.8. The van der Waals surface area contributed by atoms with E-state index >= 15 is 8.78 Å². The summed E-state index contributed by atoms with van der Waals surface area (Å²) in [5.74, 6) is -0.0987. The van der Waals surface area contributed by atoms with E-state index in [0.717, 1.165) is 21.0 Å². The molecule has 2 aliphatic rings. The van der Waals surface area contributed by atoms with Crippen LogP contribution in [0.25, 0.3) is 0 Å². The standard InChI is InChI=1S/C22H30F2N2O4S2/c1-13-11-21(3,23)17(29-19(27)25(5)6)9-15(13)31-32-16-10-18(30-20(28)26(7)8)22(4,24)12-14(16)2/h9-10H,11-12H2,1-8H3. The summed E-state index contributed by atoms with van der Waals surface area (Å²) in [5, 5.41) is 0. The molecule has 0 aromatic rings. The van der Waals surface area contributed by atoms with Crippen LogP contribution in [0, 0.1) is 0 Å². The van der Waals surface area contributed by atoms with E-state index in [-0.39, 0.29) is 24.4 Å². The first-order chi connectivity index (χ1) is 14.6. The van der Waals surface area contributed by atoms with Crippen molar-refractivity contribution in [1.82, 2.24) is 9.80 Å². The highest BCUT2D eigenvalue weighted by atomic mass is 33.1. The Morgan fingerprint density at radius 3 is 1.41 bits per heavy atom. The zero-order valence-electron chi connectivity index (χ0n) is 19.7. The fourth-order valence-corrected chi connectivity index (χ4v) is 5.65. The number of amides is 2. The van der Waals surface area contributed by atoms with E-state index in [4.69, 9.17) is 9.47 Å². The van der Waals surface area contributed by atoms with Crippen LogP contribution in [-0.4, -0.2) is 61.5 Å². The Hall–Kier alpha value is -1.94. The molecular formula is C22H30F2N2O4S2. The molecular weight excluding hydrogens is 458 g/mol. The predicted molar refractivity (Wildman–Crippen MR) is 125 cm³/mol. The topological polar surface area (TPSA) is 59.1 Å². The zero-order chi connectivity index (χ0) is 24.4. The predicted octanol–water partition coefficient (Wildman–Crippen LogP) is 6.34. The van der Waals surface area contributed by atoms with Gasteiger partial charge in [0.15, 0.2) is 11.3 Å². The third-order valence-corrected chi connectivity index (χ3v) is 7.64. The summed E-state index contributed by atoms with van der Waals surface area (Å²) >= 11 is 0. The minimum atomic E-state index is -1.80. The Bertz CT molecular complexity index is 845. The van der Waals surface area contributed by atoms with Gasteiger partial charge in [0.1, 0.15) is 11.5 Å². The third kappa shape index (κ3) is 6.31. The molecule has 2 amide bonds. The molecule has 0 fully saturated rings. The largest absolute Gasteiger partial charge is 0.414 e. The van der Waals surface area contributed by atoms with Gasteiger partial charge in [-0.1, -0.05) is 32.7 Å². The summed E-state index contributed by atoms with van der Waals surface area (Å²) in [6, 6.07) is 0. The lowest BCUT2D eigenvalue weighted by Crippen LogP contribution is -2.32. The van der Waals surface area contributed by atoms with Crippen LogP contribution in [0.3, 0.4) is 0 Å². The molecule has 0 aromatic carbocycles. The molecule has 2 rings (SSSR count). The van der Waals surface area contributed by atoms with Crippen LogP contribution in [0.15, 0.2) is 44.6 Å². The van der Waals surface area contributed by atoms with Crippen LogP contribution in [-0.2, 0) is 9.47 Å². The summed E-state index contributed by atoms with van der Waals surface area (Å²) in [5.41, 5.74) is -1.98. The molecule has 0 aliphatic heterocycles. The molecule has 6 nitrogen and oxygen atoms in total. The first-order valence-electron chi connectivity index (χ1n) is 9.98. The van der Waals surface area contributed by atoms with Crippen molar-refractivity contribution < 1.29 is 27.8 Å². The number of alkyl halides is 2. The molecule has 0 heterocycles. The zero-order valence-corrected chi connectivity index (χ0v) is 21.3. The van der Waals surface area contributed by atoms with Gasteiger partial charge in [0, 0.05) is 50.8 Å². The smallest absolute Gasteiger partial charge is 0.411 e. The number of allylic oxidation sites excluding steroid dienone is 6. The molecule has 0 spiro atoms. The highest BCUT2D eigenvalue weighted by molar-refractivity contribution is 8.79. The van der Waals surface area contributed by atoms with Crippen LogP contribution in [0.4, 0.5) is 18.4 Å². The fraction of sp³-hybridized carbons (Fsp3) is 0.545. The van der Waals surface area contributed by atoms with Crippen molar-refractivity contribution in [2.75, 3.05) is 28.2 Å². The van der Waals surface area contributed by atoms with Crippen LogP contribution >= 0.6 is 21.6 Å². The Labute approximate surface area is 196 Å². The van der Waals surface area contributed by atoms with E-state index in [0.29, 0.717) is 0 Å². The SMILES string of the molecule is CC1=C(SSC2=C(C)CC(C)(F)C(OC(=O)N(C)C)=C2)C=C(OC(=O)N(C)C)C(C)(F)C1. The summed E-state index contributed by atoms with van der Waals surface area (Å²) in [6.45, 7) is 6.40. The fourth-order valence-electron chi connectivity index (χ4n) is 3.05. The molecule has 2 atom stereocenters. The number of carbonyl (C=O) groups is 2. The first kappa shape index (κ1) is 26.3. The van der Waals surface area contributed by atoms with Crippen LogP contribution in [0.2, 0.25) is 0 Å². The lowest BCUT2D eigenvalue weighted by molar-refractivity contribution is 0.0975. The number of hydrogen-bond donors (Lipinski definition) is 0. The van der Waals surface area contributed by atoms with Gasteiger partial charge in [-0.25, -0.2) is 18.4 Å². The maximum Gasteiger partial charge on any atom is 0.414 e. The van der Waals surface area contributed by atoms with Gasteiger partial charge in [-0.3, -0.25) is 0 Å². The maximum absolute atomic E-state index is 15.0. The molecule has 0 saturated carbocycles. The molecule has 0 bridgehead atoms. The van der Waals surface area contributed by atoms with Gasteiger partial charge in [-0.2, -0.15) is 0 Å². The average Bonchev–Trinajstić information content (AvgIpc) is 2.64. The van der Waals surface area contributed by atoms with Crippen LogP contribution < -0.4 is 0 Å². The second-order valence-electron chi connectivity index (χ2n) is 8.75. The van der Waals surface area contributed by atoms with Gasteiger partial charge in [0.2, 0.25) is 0 Å². The van der Waals surface area contributed by atoms with Crippen molar-refractivity contribution in [3.8, 4) is 0 Å². The Morgan fingerprint density at radius 2 is 1.12 bits per heavy atom. The number of rotatable bonds is 5. The highest BCUT2D eigenvalue weighted by Gasteiger charge is 2.38. The van der Waals surface area contributed by atoms with Gasteiger partial charge in [-0.15, -0.1) is 0 Å². The summed E-state index contributed by atoms with van der Waals surface area (Å²) in [4.78, 5) is 27.8. The van der Waals surface area contributed by atoms with Crippen LogP contribution in [0.1, 0.15) is 40.5 Å². The van der Waals surface area contributed by atoms with E-state index < -0.39 is 23.5 Å². The van der Waals surface area contributed by atoms with Gasteiger partial charge >= 0.3 is 12.2 Å². The van der Waals surface area contributed by atoms with Crippen molar-refractivity contribution in [3.63, 3.8) is 0 Å². The second-order valence-corrected chi connectivity index (χ2v) is 11.0. The number of hydrogen-bond acceptors (Lipinski definition) is 6. The van der Waals surface area contributed by atoms with E-state index in [1.165, 1.54) is 85.6 Å². The molecule has 0 radical (unpaired) electrons. The van der Waals surface area contributed by atoms with Gasteiger partial charge < -0.3 is 19.3 Å². The Morgan fingerprint density at radius 1 is 0.812 bits per heavy atom. The first-order valence-corrected chi connectivity index (χ1v) is 12.1. The lowest BCUT2D eigenvalue weighted by atomic mass is 9.92. The van der Waals surface area contributed by atoms with Crippen LogP contribution in [0.5, 0.6) is 0 Å². The molecule has 32 heavy (non-hydrogen) atoms. The van der Waals surface area contributed by atoms with E-state index in [9.17, 15) is 9.59 Å². The molecule has 2 aliphatic carbocycles. The van der Waals surface area contributed by atoms with Crippen molar-refractivity contribution in [1.29, 1.82) is 0 Å². The molecule has 0 aromatic heterocycles. The Balaban J connectivity index is 2.23. The minimum absolute atomic E-state index is 0.0493. The van der Waals surface area contributed by atoms with Crippen molar-refractivity contribution >= 4 is 33.8 Å². The molecule has 2 unspecified atom stereocenters. The molecule has 178 valence electrons. The maximum atomic E-state index is 15.0. The second kappa shape index (κ2) is 9.91. The monoisotopic (exact) mass is 488 g/mol. The number of halogens is 2. The summed E-state index contributed by atoms with van der Waals surface area (Å²) in [6.07, 6.45) is 1.94. The average molecular weight is 489 g/mol. The Kier molecular flexibility index (Phi) is 8.15. The summed E-state index contributed by atoms with van der Waals surface area (Å²) in [7, 11) is 8.81. The van der Waals surface area contributed by atoms with Crippen molar-refractivity contribution in [2.24, 2.45) is 0 Å². The summed E-state index contributed by atoms with van der Waals surface area (Å²) < 4.78 is 40.6. The van der Waals surface area contributed by atoms with E-state index in [1.807, 2.05) is 13.8 Å². The molecule has 10 heteroatoms. The van der Waals surface area contributed by atoms with E-state index in [1.54, 1.807) is 0 Å². The highest BCUT2D eigenvalue weighted by Crippen LogP contribution is 2.49. The number of ether oxygens (including phenoxy) is 2. The van der Waals surface area contributed by atoms with Gasteiger partial charge in [0.25, 0.3) is 0 Å². The lowest BCUT2D eigenvalue weighted by Gasteiger charge is -2.30. The third-order valence-electron chi connectivity index (χ3n) is 4.93. The molecule has 0 N–H and O–H groups in total. The quantitative estimate of drug-likeness (QED) is 0.421. The minimum Gasteiger partial charge on any atom is -0.411 e. The number of nitrogens with zero attached hydrogens (tertiary/aromatic N) is 2. The number of carbonyl (C=O) groups excluding carboxylic acids is 2. The van der Waals surface area contributed by atoms with Crippen molar-refractivity contribution in [2.45, 2.75) is 51.9 Å².